The van der Waals surface area contributed by atoms with Gasteiger partial charge in [-0.25, -0.2) is 0 Å². The van der Waals surface area contributed by atoms with E-state index >= 15 is 0 Å². The van der Waals surface area contributed by atoms with Crippen LogP contribution in [0.4, 0.5) is 11.4 Å². The minimum Gasteiger partial charge on any atom is -0.301 e. The lowest BCUT2D eigenvalue weighted by atomic mass is 9.86. The second-order valence-corrected chi connectivity index (χ2v) is 10.4. The van der Waals surface area contributed by atoms with Crippen molar-refractivity contribution in [1.29, 1.82) is 0 Å². The van der Waals surface area contributed by atoms with E-state index in [0.717, 1.165) is 36.6 Å². The lowest BCUT2D eigenvalue weighted by molar-refractivity contribution is -0.384. The van der Waals surface area contributed by atoms with Crippen LogP contribution in [0.3, 0.4) is 0 Å². The molecule has 1 aliphatic rings. The number of anilines is 1. The number of amides is 1. The molecule has 0 atom stereocenters. The van der Waals surface area contributed by atoms with Crippen LogP contribution in [0.2, 0.25) is 0 Å². The molecule has 0 saturated heterocycles. The third-order valence-corrected chi connectivity index (χ3v) is 8.49. The van der Waals surface area contributed by atoms with Gasteiger partial charge in [0.1, 0.15) is 3.82 Å². The van der Waals surface area contributed by atoms with Gasteiger partial charge in [-0.05, 0) is 38.5 Å². The Morgan fingerprint density at radius 3 is 2.52 bits per heavy atom. The average Bonchev–Trinajstić information content (AvgIpc) is 3.05. The first kappa shape index (κ1) is 19.9. The fourth-order valence-electron chi connectivity index (χ4n) is 3.78. The van der Waals surface area contributed by atoms with Crippen LogP contribution >= 0.6 is 32.9 Å². The van der Waals surface area contributed by atoms with Crippen molar-refractivity contribution in [1.82, 2.24) is 0 Å². The summed E-state index contributed by atoms with van der Waals surface area (Å²) in [6.07, 6.45) is 0.166. The smallest absolute Gasteiger partial charge is 0.269 e. The van der Waals surface area contributed by atoms with Gasteiger partial charge >= 0.3 is 0 Å². The zero-order chi connectivity index (χ0) is 20.9. The highest BCUT2D eigenvalue weighted by Crippen LogP contribution is 2.52. The van der Waals surface area contributed by atoms with Crippen molar-refractivity contribution in [2.75, 3.05) is 4.90 Å². The molecule has 0 fully saturated rings. The predicted molar refractivity (Wildman–Crippen MR) is 121 cm³/mol. The predicted octanol–water partition coefficient (Wildman–Crippen LogP) is 6.25. The highest BCUT2D eigenvalue weighted by molar-refractivity contribution is 7.80. The molecule has 0 saturated carbocycles. The van der Waals surface area contributed by atoms with E-state index in [-0.39, 0.29) is 18.0 Å². The SMILES string of the molecule is Cc1ccc2c(c1)-c1c(ssc1=S)C(C)(C)N2C(=O)Cc1ccc([N+](=O)[O-])cc1. The molecular formula is C21H18N2O3S3. The summed E-state index contributed by atoms with van der Waals surface area (Å²) in [4.78, 5) is 26.8. The van der Waals surface area contributed by atoms with Crippen molar-refractivity contribution in [2.45, 2.75) is 32.7 Å². The van der Waals surface area contributed by atoms with Gasteiger partial charge in [0.05, 0.1) is 27.4 Å². The van der Waals surface area contributed by atoms with E-state index in [1.54, 1.807) is 32.8 Å². The Labute approximate surface area is 180 Å². The Bertz CT molecular complexity index is 1190. The zero-order valence-electron chi connectivity index (χ0n) is 16.1. The summed E-state index contributed by atoms with van der Waals surface area (Å²) in [6, 6.07) is 12.2. The minimum absolute atomic E-state index is 0.0167. The standard InChI is InChI=1S/C21H18N2O3S3/c1-12-4-9-16-15(10-12)18-19(28-29-20(18)27)21(2,3)22(16)17(24)11-13-5-7-14(8-6-13)23(25)26/h4-10H,11H2,1-3H3. The number of aryl methyl sites for hydroxylation is 1. The summed E-state index contributed by atoms with van der Waals surface area (Å²) in [7, 11) is 3.20. The minimum atomic E-state index is -0.534. The molecule has 0 aliphatic carbocycles. The van der Waals surface area contributed by atoms with Gasteiger partial charge in [-0.1, -0.05) is 56.7 Å². The van der Waals surface area contributed by atoms with Crippen molar-refractivity contribution in [3.8, 4) is 11.1 Å². The molecule has 0 spiro atoms. The summed E-state index contributed by atoms with van der Waals surface area (Å²) in [5.74, 6) is -0.0519. The van der Waals surface area contributed by atoms with Gasteiger partial charge in [-0.15, -0.1) is 0 Å². The van der Waals surface area contributed by atoms with Crippen LogP contribution in [0.15, 0.2) is 42.5 Å². The number of nitro groups is 1. The maximum Gasteiger partial charge on any atom is 0.269 e. The van der Waals surface area contributed by atoms with Gasteiger partial charge in [-0.2, -0.15) is 0 Å². The van der Waals surface area contributed by atoms with Gasteiger partial charge in [0.15, 0.2) is 0 Å². The molecule has 148 valence electrons. The molecule has 1 aliphatic heterocycles. The van der Waals surface area contributed by atoms with Crippen LogP contribution < -0.4 is 4.90 Å². The molecule has 0 bridgehead atoms. The molecule has 8 heteroatoms. The largest absolute Gasteiger partial charge is 0.301 e. The summed E-state index contributed by atoms with van der Waals surface area (Å²) in [6.45, 7) is 6.11. The first-order valence-corrected chi connectivity index (χ1v) is 11.6. The molecule has 0 radical (unpaired) electrons. The van der Waals surface area contributed by atoms with E-state index in [1.807, 2.05) is 37.8 Å². The summed E-state index contributed by atoms with van der Waals surface area (Å²) < 4.78 is 0.854. The van der Waals surface area contributed by atoms with Crippen molar-refractivity contribution >= 4 is 50.2 Å². The number of nitrogens with zero attached hydrogens (tertiary/aromatic N) is 2. The summed E-state index contributed by atoms with van der Waals surface area (Å²) in [5, 5.41) is 10.9. The molecule has 0 N–H and O–H groups in total. The van der Waals surface area contributed by atoms with E-state index in [1.165, 1.54) is 12.1 Å². The number of benzene rings is 2. The molecule has 1 amide bonds. The first-order chi connectivity index (χ1) is 13.7. The van der Waals surface area contributed by atoms with Crippen LogP contribution in [-0.2, 0) is 16.8 Å². The summed E-state index contributed by atoms with van der Waals surface area (Å²) >= 11 is 5.61. The second-order valence-electron chi connectivity index (χ2n) is 7.57. The molecule has 29 heavy (non-hydrogen) atoms. The van der Waals surface area contributed by atoms with E-state index in [4.69, 9.17) is 12.2 Å². The Hall–Kier alpha value is -2.42. The Morgan fingerprint density at radius 1 is 1.17 bits per heavy atom. The number of hydrogen-bond acceptors (Lipinski definition) is 6. The highest BCUT2D eigenvalue weighted by Gasteiger charge is 2.42. The van der Waals surface area contributed by atoms with Crippen molar-refractivity contribution in [3.63, 3.8) is 0 Å². The van der Waals surface area contributed by atoms with Crippen LogP contribution in [0.1, 0.15) is 29.9 Å². The van der Waals surface area contributed by atoms with Gasteiger partial charge in [-0.3, -0.25) is 14.9 Å². The van der Waals surface area contributed by atoms with Crippen LogP contribution in [0.5, 0.6) is 0 Å². The van der Waals surface area contributed by atoms with Gasteiger partial charge < -0.3 is 4.90 Å². The van der Waals surface area contributed by atoms with Crippen molar-refractivity contribution in [3.05, 3.63) is 72.4 Å². The summed E-state index contributed by atoms with van der Waals surface area (Å²) in [5.41, 5.74) is 4.27. The number of rotatable bonds is 3. The lowest BCUT2D eigenvalue weighted by Gasteiger charge is -2.43. The number of carbonyl (C=O) groups excluding carboxylic acids is 1. The van der Waals surface area contributed by atoms with Crippen molar-refractivity contribution < 1.29 is 9.72 Å². The maximum atomic E-state index is 13.4. The third kappa shape index (κ3) is 3.31. The molecule has 0 unspecified atom stereocenters. The number of non-ortho nitro benzene ring substituents is 1. The normalized spacial score (nSPS) is 14.2. The maximum absolute atomic E-state index is 13.4. The number of hydrogen-bond donors (Lipinski definition) is 0. The second kappa shape index (κ2) is 7.12. The van der Waals surface area contributed by atoms with E-state index < -0.39 is 10.5 Å². The molecule has 1 aromatic heterocycles. The molecule has 3 aromatic rings. The number of fused-ring (bicyclic) bond motifs is 3. The van der Waals surface area contributed by atoms with Gasteiger partial charge in [0, 0.05) is 23.3 Å². The van der Waals surface area contributed by atoms with Gasteiger partial charge in [0.25, 0.3) is 5.69 Å². The fourth-order valence-corrected chi connectivity index (χ4v) is 7.06. The molecule has 5 nitrogen and oxygen atoms in total. The molecule has 2 heterocycles. The van der Waals surface area contributed by atoms with E-state index in [0.29, 0.717) is 0 Å². The third-order valence-electron chi connectivity index (χ3n) is 5.16. The van der Waals surface area contributed by atoms with Gasteiger partial charge in [0.2, 0.25) is 5.91 Å². The topological polar surface area (TPSA) is 63.5 Å². The monoisotopic (exact) mass is 442 g/mol. The Morgan fingerprint density at radius 2 is 1.86 bits per heavy atom. The zero-order valence-corrected chi connectivity index (χ0v) is 18.5. The molecule has 4 rings (SSSR count). The average molecular weight is 443 g/mol. The molecular weight excluding hydrogens is 424 g/mol. The quantitative estimate of drug-likeness (QED) is 0.208. The molecule has 2 aromatic carbocycles. The van der Waals surface area contributed by atoms with Crippen LogP contribution in [0.25, 0.3) is 11.1 Å². The van der Waals surface area contributed by atoms with E-state index in [2.05, 4.69) is 6.07 Å². The Kier molecular flexibility index (Phi) is 4.88. The van der Waals surface area contributed by atoms with E-state index in [9.17, 15) is 14.9 Å². The number of nitro benzene ring substituents is 1. The fraction of sp³-hybridized carbons (Fsp3) is 0.238. The first-order valence-electron chi connectivity index (χ1n) is 9.01. The Balaban J connectivity index is 1.78. The lowest BCUT2D eigenvalue weighted by Crippen LogP contribution is -2.48. The number of carbonyl (C=O) groups is 1. The van der Waals surface area contributed by atoms with Crippen LogP contribution in [-0.4, -0.2) is 10.8 Å². The highest BCUT2D eigenvalue weighted by atomic mass is 32.9. The van der Waals surface area contributed by atoms with Crippen molar-refractivity contribution in [2.24, 2.45) is 0 Å². The van der Waals surface area contributed by atoms with Crippen LogP contribution in [0, 0.1) is 20.9 Å².